The number of pyridine rings is 1. The minimum Gasteiger partial charge on any atom is -0.382 e. The number of nitrogens with zero attached hydrogens (tertiary/aromatic N) is 3. The van der Waals surface area contributed by atoms with E-state index in [4.69, 9.17) is 5.73 Å². The first-order valence-corrected chi connectivity index (χ1v) is 8.03. The lowest BCUT2D eigenvalue weighted by Gasteiger charge is -2.35. The standard InChI is InChI=1S/C15H21N5S/c1-10-9-20(2)8-5-12(10)18-15-13(14(16)19-21-15)11-3-6-17-7-4-11/h3-4,6-7,10,12,18H,5,8-9H2,1-2H3,(H2,16,19). The summed E-state index contributed by atoms with van der Waals surface area (Å²) in [6.45, 7) is 4.54. The number of hydrogen-bond acceptors (Lipinski definition) is 6. The molecule has 2 atom stereocenters. The smallest absolute Gasteiger partial charge is 0.147 e. The van der Waals surface area contributed by atoms with Crippen molar-refractivity contribution in [3.05, 3.63) is 24.5 Å². The van der Waals surface area contributed by atoms with E-state index in [1.807, 2.05) is 12.1 Å². The molecule has 1 aliphatic rings. The van der Waals surface area contributed by atoms with Crippen molar-refractivity contribution >= 4 is 22.4 Å². The largest absolute Gasteiger partial charge is 0.382 e. The van der Waals surface area contributed by atoms with Crippen molar-refractivity contribution in [3.63, 3.8) is 0 Å². The number of rotatable bonds is 3. The van der Waals surface area contributed by atoms with Crippen molar-refractivity contribution in [1.29, 1.82) is 0 Å². The molecule has 1 aliphatic heterocycles. The highest BCUT2D eigenvalue weighted by Crippen LogP contribution is 2.37. The predicted molar refractivity (Wildman–Crippen MR) is 88.4 cm³/mol. The molecular formula is C15H21N5S. The number of aromatic nitrogens is 2. The summed E-state index contributed by atoms with van der Waals surface area (Å²) >= 11 is 1.45. The number of nitrogen functional groups attached to an aromatic ring is 1. The Bertz CT molecular complexity index is 597. The van der Waals surface area contributed by atoms with Crippen LogP contribution in [-0.2, 0) is 0 Å². The fourth-order valence-corrected chi connectivity index (χ4v) is 3.73. The van der Waals surface area contributed by atoms with Gasteiger partial charge < -0.3 is 16.0 Å². The van der Waals surface area contributed by atoms with Gasteiger partial charge in [-0.2, -0.15) is 4.37 Å². The average Bonchev–Trinajstić information content (AvgIpc) is 2.84. The van der Waals surface area contributed by atoms with Gasteiger partial charge in [-0.05, 0) is 55.2 Å². The summed E-state index contributed by atoms with van der Waals surface area (Å²) in [7, 11) is 2.18. The van der Waals surface area contributed by atoms with E-state index in [-0.39, 0.29) is 0 Å². The lowest BCUT2D eigenvalue weighted by Crippen LogP contribution is -2.43. The third-order valence-electron chi connectivity index (χ3n) is 4.11. The van der Waals surface area contributed by atoms with E-state index in [0.29, 0.717) is 17.8 Å². The van der Waals surface area contributed by atoms with Crippen LogP contribution in [0.15, 0.2) is 24.5 Å². The van der Waals surface area contributed by atoms with Gasteiger partial charge in [0.05, 0.1) is 5.56 Å². The Kier molecular flexibility index (Phi) is 4.07. The van der Waals surface area contributed by atoms with Crippen LogP contribution in [0.1, 0.15) is 13.3 Å². The van der Waals surface area contributed by atoms with Gasteiger partial charge in [0.1, 0.15) is 10.8 Å². The molecular weight excluding hydrogens is 282 g/mol. The highest BCUT2D eigenvalue weighted by Gasteiger charge is 2.26. The molecule has 0 amide bonds. The molecule has 1 saturated heterocycles. The highest BCUT2D eigenvalue weighted by molar-refractivity contribution is 7.11. The van der Waals surface area contributed by atoms with Crippen molar-refractivity contribution in [2.45, 2.75) is 19.4 Å². The maximum Gasteiger partial charge on any atom is 0.147 e. The molecule has 5 nitrogen and oxygen atoms in total. The normalized spacial score (nSPS) is 23.1. The number of piperidine rings is 1. The Morgan fingerprint density at radius 1 is 1.38 bits per heavy atom. The second-order valence-corrected chi connectivity index (χ2v) is 6.56. The van der Waals surface area contributed by atoms with Crippen LogP contribution in [0.4, 0.5) is 10.8 Å². The lowest BCUT2D eigenvalue weighted by molar-refractivity contribution is 0.206. The van der Waals surface area contributed by atoms with E-state index in [1.54, 1.807) is 12.4 Å². The van der Waals surface area contributed by atoms with E-state index in [1.165, 1.54) is 11.5 Å². The monoisotopic (exact) mass is 303 g/mol. The van der Waals surface area contributed by atoms with Crippen molar-refractivity contribution < 1.29 is 0 Å². The van der Waals surface area contributed by atoms with Gasteiger partial charge in [0.15, 0.2) is 0 Å². The molecule has 21 heavy (non-hydrogen) atoms. The highest BCUT2D eigenvalue weighted by atomic mass is 32.1. The minimum atomic E-state index is 0.474. The molecule has 6 heteroatoms. The zero-order valence-electron chi connectivity index (χ0n) is 12.4. The molecule has 0 aliphatic carbocycles. The average molecular weight is 303 g/mol. The molecule has 112 valence electrons. The van der Waals surface area contributed by atoms with Crippen molar-refractivity contribution in [1.82, 2.24) is 14.3 Å². The van der Waals surface area contributed by atoms with E-state index in [9.17, 15) is 0 Å². The Hall–Kier alpha value is -1.66. The van der Waals surface area contributed by atoms with E-state index < -0.39 is 0 Å². The summed E-state index contributed by atoms with van der Waals surface area (Å²) < 4.78 is 4.32. The maximum atomic E-state index is 6.07. The van der Waals surface area contributed by atoms with Gasteiger partial charge in [-0.3, -0.25) is 4.98 Å². The van der Waals surface area contributed by atoms with Crippen LogP contribution in [0.3, 0.4) is 0 Å². The summed E-state index contributed by atoms with van der Waals surface area (Å²) in [4.78, 5) is 6.45. The fraction of sp³-hybridized carbons (Fsp3) is 0.467. The molecule has 2 aromatic rings. The number of hydrogen-bond donors (Lipinski definition) is 2. The zero-order chi connectivity index (χ0) is 14.8. The summed E-state index contributed by atoms with van der Waals surface area (Å²) in [5, 5.41) is 4.74. The Labute approximate surface area is 129 Å². The Morgan fingerprint density at radius 3 is 2.86 bits per heavy atom. The van der Waals surface area contributed by atoms with E-state index in [0.717, 1.165) is 35.6 Å². The first kappa shape index (κ1) is 14.3. The fourth-order valence-electron chi connectivity index (χ4n) is 2.94. The number of nitrogens with one attached hydrogen (secondary N) is 1. The molecule has 2 aromatic heterocycles. The van der Waals surface area contributed by atoms with Gasteiger partial charge in [0.2, 0.25) is 0 Å². The van der Waals surface area contributed by atoms with Crippen molar-refractivity contribution in [2.75, 3.05) is 31.2 Å². The molecule has 3 N–H and O–H groups in total. The minimum absolute atomic E-state index is 0.474. The third kappa shape index (κ3) is 3.01. The van der Waals surface area contributed by atoms with E-state index >= 15 is 0 Å². The summed E-state index contributed by atoms with van der Waals surface area (Å²) in [6.07, 6.45) is 4.72. The quantitative estimate of drug-likeness (QED) is 0.912. The van der Waals surface area contributed by atoms with Gasteiger partial charge in [0, 0.05) is 25.0 Å². The SMILES string of the molecule is CC1CN(C)CCC1Nc1snc(N)c1-c1ccncc1. The Balaban J connectivity index is 1.84. The number of nitrogens with two attached hydrogens (primary N) is 1. The van der Waals surface area contributed by atoms with E-state index in [2.05, 4.69) is 33.5 Å². The van der Waals surface area contributed by atoms with Crippen LogP contribution in [0.5, 0.6) is 0 Å². The third-order valence-corrected chi connectivity index (χ3v) is 4.90. The first-order chi connectivity index (χ1) is 10.1. The molecule has 0 bridgehead atoms. The van der Waals surface area contributed by atoms with Crippen LogP contribution >= 0.6 is 11.5 Å². The summed E-state index contributed by atoms with van der Waals surface area (Å²) in [5.74, 6) is 1.20. The second kappa shape index (κ2) is 5.99. The van der Waals surface area contributed by atoms with Crippen molar-refractivity contribution in [3.8, 4) is 11.1 Å². The molecule has 1 fully saturated rings. The topological polar surface area (TPSA) is 67.1 Å². The first-order valence-electron chi connectivity index (χ1n) is 7.25. The van der Waals surface area contributed by atoms with Crippen LogP contribution < -0.4 is 11.1 Å². The molecule has 3 rings (SSSR count). The predicted octanol–water partition coefficient (Wildman–Crippen LogP) is 2.54. The molecule has 3 heterocycles. The second-order valence-electron chi connectivity index (χ2n) is 5.79. The summed E-state index contributed by atoms with van der Waals surface area (Å²) in [6, 6.07) is 4.42. The van der Waals surface area contributed by atoms with Gasteiger partial charge in [-0.1, -0.05) is 6.92 Å². The molecule has 0 saturated carbocycles. The number of anilines is 2. The van der Waals surface area contributed by atoms with Gasteiger partial charge in [-0.15, -0.1) is 0 Å². The number of likely N-dealkylation sites (tertiary alicyclic amines) is 1. The van der Waals surface area contributed by atoms with Gasteiger partial charge in [0.25, 0.3) is 0 Å². The van der Waals surface area contributed by atoms with Crippen LogP contribution in [-0.4, -0.2) is 40.4 Å². The molecule has 0 spiro atoms. The van der Waals surface area contributed by atoms with Gasteiger partial charge >= 0.3 is 0 Å². The molecule has 2 unspecified atom stereocenters. The van der Waals surface area contributed by atoms with Crippen LogP contribution in [0.25, 0.3) is 11.1 Å². The van der Waals surface area contributed by atoms with Crippen LogP contribution in [0, 0.1) is 5.92 Å². The maximum absolute atomic E-state index is 6.07. The molecule has 0 aromatic carbocycles. The lowest BCUT2D eigenvalue weighted by atomic mass is 9.94. The Morgan fingerprint density at radius 2 is 2.14 bits per heavy atom. The van der Waals surface area contributed by atoms with Crippen LogP contribution in [0.2, 0.25) is 0 Å². The summed E-state index contributed by atoms with van der Waals surface area (Å²) in [5.41, 5.74) is 8.14. The van der Waals surface area contributed by atoms with Gasteiger partial charge in [-0.25, -0.2) is 0 Å². The molecule has 0 radical (unpaired) electrons. The van der Waals surface area contributed by atoms with Crippen molar-refractivity contribution in [2.24, 2.45) is 5.92 Å². The zero-order valence-corrected chi connectivity index (χ0v) is 13.2.